The highest BCUT2D eigenvalue weighted by Gasteiger charge is 2.30. The average Bonchev–Trinajstić information content (AvgIpc) is 2.39. The maximum absolute atomic E-state index is 12.5. The maximum atomic E-state index is 12.5. The number of hydrogen-bond donors (Lipinski definition) is 1. The molecule has 1 aliphatic heterocycles. The van der Waals surface area contributed by atoms with Crippen LogP contribution in [0.3, 0.4) is 0 Å². The third-order valence-corrected chi connectivity index (χ3v) is 3.20. The Balaban J connectivity index is 2.18. The second-order valence-corrected chi connectivity index (χ2v) is 4.46. The van der Waals surface area contributed by atoms with E-state index in [9.17, 15) is 13.2 Å². The van der Waals surface area contributed by atoms with Crippen molar-refractivity contribution in [2.45, 2.75) is 18.6 Å². The fourth-order valence-electron chi connectivity index (χ4n) is 2.23. The summed E-state index contributed by atoms with van der Waals surface area (Å²) in [4.78, 5) is 1.99. The topological polar surface area (TPSA) is 39.1 Å². The van der Waals surface area contributed by atoms with Gasteiger partial charge >= 0.3 is 6.18 Å². The van der Waals surface area contributed by atoms with E-state index in [4.69, 9.17) is 5.26 Å². The van der Waals surface area contributed by atoms with Crippen LogP contribution in [-0.2, 0) is 6.18 Å². The largest absolute Gasteiger partial charge is 0.416 e. The number of rotatable bonds is 2. The molecule has 1 aliphatic rings. The zero-order valence-corrected chi connectivity index (χ0v) is 10.2. The van der Waals surface area contributed by atoms with Gasteiger partial charge in [0.1, 0.15) is 0 Å². The monoisotopic (exact) mass is 269 g/mol. The number of benzene rings is 1. The van der Waals surface area contributed by atoms with Crippen LogP contribution in [0.1, 0.15) is 12.0 Å². The van der Waals surface area contributed by atoms with Gasteiger partial charge in [-0.15, -0.1) is 0 Å². The molecule has 19 heavy (non-hydrogen) atoms. The minimum Gasteiger partial charge on any atom is -0.365 e. The van der Waals surface area contributed by atoms with E-state index in [0.29, 0.717) is 19.5 Å². The molecular formula is C13H14F3N3. The van der Waals surface area contributed by atoms with Crippen molar-refractivity contribution in [1.29, 1.82) is 5.26 Å². The second kappa shape index (κ2) is 5.49. The molecule has 1 aromatic carbocycles. The van der Waals surface area contributed by atoms with E-state index in [2.05, 4.69) is 11.4 Å². The molecule has 0 radical (unpaired) electrons. The molecule has 1 unspecified atom stereocenters. The van der Waals surface area contributed by atoms with Gasteiger partial charge in [0.15, 0.2) is 0 Å². The average molecular weight is 269 g/mol. The van der Waals surface area contributed by atoms with E-state index >= 15 is 0 Å². The first-order chi connectivity index (χ1) is 9.02. The summed E-state index contributed by atoms with van der Waals surface area (Å²) in [5.74, 6) is 0. The van der Waals surface area contributed by atoms with Crippen LogP contribution in [0.2, 0.25) is 0 Å². The Kier molecular flexibility index (Phi) is 3.96. The number of piperazine rings is 1. The van der Waals surface area contributed by atoms with Crippen LogP contribution < -0.4 is 10.2 Å². The van der Waals surface area contributed by atoms with Crippen LogP contribution in [0, 0.1) is 11.3 Å². The van der Waals surface area contributed by atoms with Gasteiger partial charge in [-0.25, -0.2) is 0 Å². The van der Waals surface area contributed by atoms with Gasteiger partial charge in [-0.1, -0.05) is 0 Å². The van der Waals surface area contributed by atoms with Crippen LogP contribution in [-0.4, -0.2) is 25.7 Å². The van der Waals surface area contributed by atoms with Crippen molar-refractivity contribution in [1.82, 2.24) is 5.32 Å². The van der Waals surface area contributed by atoms with Crippen LogP contribution in [0.25, 0.3) is 0 Å². The van der Waals surface area contributed by atoms with Gasteiger partial charge in [-0.05, 0) is 24.3 Å². The standard InChI is InChI=1S/C13H14F3N3/c14-13(15,16)10-1-3-11(4-2-10)19-8-7-18-9-12(19)5-6-17/h1-4,12,18H,5,7-9H2. The summed E-state index contributed by atoms with van der Waals surface area (Å²) >= 11 is 0. The van der Waals surface area contributed by atoms with E-state index in [0.717, 1.165) is 24.4 Å². The molecule has 2 rings (SSSR count). The quantitative estimate of drug-likeness (QED) is 0.896. The molecule has 0 amide bonds. The summed E-state index contributed by atoms with van der Waals surface area (Å²) in [6.07, 6.45) is -3.96. The van der Waals surface area contributed by atoms with E-state index in [1.54, 1.807) is 0 Å². The van der Waals surface area contributed by atoms with Crippen LogP contribution in [0.4, 0.5) is 18.9 Å². The van der Waals surface area contributed by atoms with E-state index in [-0.39, 0.29) is 6.04 Å². The molecule has 1 aromatic rings. The third kappa shape index (κ3) is 3.18. The van der Waals surface area contributed by atoms with Crippen LogP contribution in [0.5, 0.6) is 0 Å². The van der Waals surface area contributed by atoms with Crippen LogP contribution >= 0.6 is 0 Å². The lowest BCUT2D eigenvalue weighted by molar-refractivity contribution is -0.137. The molecule has 102 valence electrons. The number of halogens is 3. The number of nitrogens with one attached hydrogen (secondary N) is 1. The van der Waals surface area contributed by atoms with Crippen molar-refractivity contribution in [3.05, 3.63) is 29.8 Å². The number of nitrogens with zero attached hydrogens (tertiary/aromatic N) is 2. The predicted molar refractivity (Wildman–Crippen MR) is 65.7 cm³/mol. The van der Waals surface area contributed by atoms with Crippen molar-refractivity contribution in [3.8, 4) is 6.07 Å². The summed E-state index contributed by atoms with van der Waals surface area (Å²) in [6, 6.07) is 7.23. The zero-order valence-electron chi connectivity index (χ0n) is 10.2. The molecule has 0 bridgehead atoms. The summed E-state index contributed by atoms with van der Waals surface area (Å²) in [7, 11) is 0. The van der Waals surface area contributed by atoms with Crippen molar-refractivity contribution in [3.63, 3.8) is 0 Å². The van der Waals surface area contributed by atoms with Crippen LogP contribution in [0.15, 0.2) is 24.3 Å². The fourth-order valence-corrected chi connectivity index (χ4v) is 2.23. The molecule has 0 aromatic heterocycles. The highest BCUT2D eigenvalue weighted by Crippen LogP contribution is 2.31. The zero-order chi connectivity index (χ0) is 13.9. The lowest BCUT2D eigenvalue weighted by Crippen LogP contribution is -2.51. The molecule has 1 N–H and O–H groups in total. The fraction of sp³-hybridized carbons (Fsp3) is 0.462. The Morgan fingerprint density at radius 1 is 1.32 bits per heavy atom. The van der Waals surface area contributed by atoms with E-state index in [1.807, 2.05) is 4.90 Å². The summed E-state index contributed by atoms with van der Waals surface area (Å²) in [5, 5.41) is 12.0. The van der Waals surface area contributed by atoms with E-state index in [1.165, 1.54) is 12.1 Å². The van der Waals surface area contributed by atoms with Gasteiger partial charge in [0.25, 0.3) is 0 Å². The Labute approximate surface area is 109 Å². The first-order valence-electron chi connectivity index (χ1n) is 6.04. The highest BCUT2D eigenvalue weighted by atomic mass is 19.4. The Bertz CT molecular complexity index is 462. The predicted octanol–water partition coefficient (Wildman–Crippen LogP) is 2.40. The van der Waals surface area contributed by atoms with Gasteiger partial charge in [0.05, 0.1) is 24.1 Å². The molecule has 1 saturated heterocycles. The summed E-state index contributed by atoms with van der Waals surface area (Å²) in [5.41, 5.74) is 0.0815. The molecule has 0 spiro atoms. The first-order valence-corrected chi connectivity index (χ1v) is 6.04. The van der Waals surface area contributed by atoms with Gasteiger partial charge in [-0.2, -0.15) is 18.4 Å². The normalized spacial score (nSPS) is 20.1. The molecule has 1 fully saturated rings. The number of alkyl halides is 3. The minimum absolute atomic E-state index is 0.00971. The molecule has 0 saturated carbocycles. The van der Waals surface area contributed by atoms with Crippen molar-refractivity contribution < 1.29 is 13.2 Å². The van der Waals surface area contributed by atoms with Crippen molar-refractivity contribution >= 4 is 5.69 Å². The van der Waals surface area contributed by atoms with Gasteiger partial charge in [0.2, 0.25) is 0 Å². The third-order valence-electron chi connectivity index (χ3n) is 3.20. The maximum Gasteiger partial charge on any atom is 0.416 e. The second-order valence-electron chi connectivity index (χ2n) is 4.46. The molecule has 1 heterocycles. The van der Waals surface area contributed by atoms with Gasteiger partial charge in [-0.3, -0.25) is 0 Å². The number of hydrogen-bond acceptors (Lipinski definition) is 3. The summed E-state index contributed by atoms with van der Waals surface area (Å²) in [6.45, 7) is 2.13. The molecule has 0 aliphatic carbocycles. The highest BCUT2D eigenvalue weighted by molar-refractivity contribution is 5.49. The van der Waals surface area contributed by atoms with Crippen molar-refractivity contribution in [2.75, 3.05) is 24.5 Å². The molecular weight excluding hydrogens is 255 g/mol. The lowest BCUT2D eigenvalue weighted by Gasteiger charge is -2.37. The first kappa shape index (κ1) is 13.7. The lowest BCUT2D eigenvalue weighted by atomic mass is 10.1. The Hall–Kier alpha value is -1.74. The van der Waals surface area contributed by atoms with E-state index < -0.39 is 11.7 Å². The number of nitriles is 1. The van der Waals surface area contributed by atoms with Gasteiger partial charge in [0, 0.05) is 25.3 Å². The SMILES string of the molecule is N#CCC1CNCCN1c1ccc(C(F)(F)F)cc1. The van der Waals surface area contributed by atoms with Crippen molar-refractivity contribution in [2.24, 2.45) is 0 Å². The molecule has 3 nitrogen and oxygen atoms in total. The Morgan fingerprint density at radius 2 is 2.00 bits per heavy atom. The summed E-state index contributed by atoms with van der Waals surface area (Å²) < 4.78 is 37.5. The molecule has 6 heteroatoms. The number of anilines is 1. The minimum atomic E-state index is -4.31. The Morgan fingerprint density at radius 3 is 2.58 bits per heavy atom. The smallest absolute Gasteiger partial charge is 0.365 e. The molecule has 1 atom stereocenters. The van der Waals surface area contributed by atoms with Gasteiger partial charge < -0.3 is 10.2 Å².